The van der Waals surface area contributed by atoms with Gasteiger partial charge in [0.2, 0.25) is 0 Å². The molecule has 218 valence electrons. The summed E-state index contributed by atoms with van der Waals surface area (Å²) in [5.74, 6) is -0.878. The number of benzene rings is 6. The Balaban J connectivity index is 1.28. The number of carbonyl (C=O) groups is 1. The molecule has 0 aliphatic carbocycles. The maximum atomic E-state index is 12.0. The van der Waals surface area contributed by atoms with Crippen molar-refractivity contribution in [2.45, 2.75) is 16.7 Å². The van der Waals surface area contributed by atoms with Gasteiger partial charge in [0.05, 0.1) is 11.4 Å². The molecule has 1 N–H and O–H groups in total. The maximum Gasteiger partial charge on any atom is 0.324 e. The van der Waals surface area contributed by atoms with Gasteiger partial charge in [-0.3, -0.25) is 4.79 Å². The van der Waals surface area contributed by atoms with E-state index < -0.39 is 5.97 Å². The van der Waals surface area contributed by atoms with E-state index >= 15 is 0 Å². The van der Waals surface area contributed by atoms with Gasteiger partial charge in [-0.15, -0.1) is 0 Å². The van der Waals surface area contributed by atoms with Crippen molar-refractivity contribution >= 4 is 52.0 Å². The molecule has 0 aromatic heterocycles. The molecule has 0 fully saturated rings. The lowest BCUT2D eigenvalue weighted by atomic mass is 10.1. The van der Waals surface area contributed by atoms with Gasteiger partial charge in [0.15, 0.2) is 0 Å². The Hall–Kier alpha value is -4.65. The summed E-state index contributed by atoms with van der Waals surface area (Å²) < 4.78 is 4.17. The van der Waals surface area contributed by atoms with E-state index in [1.54, 1.807) is 11.9 Å². The minimum Gasteiger partial charge on any atom is -0.480 e. The van der Waals surface area contributed by atoms with Crippen molar-refractivity contribution in [2.75, 3.05) is 21.7 Å². The van der Waals surface area contributed by atoms with Crippen molar-refractivity contribution in [3.8, 4) is 22.3 Å². The van der Waals surface area contributed by atoms with Crippen molar-refractivity contribution in [1.82, 2.24) is 0 Å². The first-order valence-corrected chi connectivity index (χ1v) is 16.1. The summed E-state index contributed by atoms with van der Waals surface area (Å²) in [7, 11) is 0. The average molecular weight is 613 g/mol. The summed E-state index contributed by atoms with van der Waals surface area (Å²) in [5, 5.41) is 12.0. The number of carboxylic acid groups (broad SMARTS) is 1. The second-order valence-corrected chi connectivity index (χ2v) is 12.4. The zero-order valence-electron chi connectivity index (χ0n) is 24.3. The van der Waals surface area contributed by atoms with Crippen LogP contribution >= 0.6 is 23.9 Å². The van der Waals surface area contributed by atoms with Crippen LogP contribution in [0.3, 0.4) is 0 Å². The molecule has 6 aromatic carbocycles. The number of nitrogens with zero attached hydrogens (tertiary/aromatic N) is 2. The van der Waals surface area contributed by atoms with Crippen molar-refractivity contribution in [1.29, 1.82) is 0 Å². The maximum absolute atomic E-state index is 12.0. The van der Waals surface area contributed by atoms with Crippen LogP contribution in [0.25, 0.3) is 33.0 Å². The van der Waals surface area contributed by atoms with Gasteiger partial charge in [-0.25, -0.2) is 0 Å². The largest absolute Gasteiger partial charge is 0.480 e. The first-order chi connectivity index (χ1) is 21.6. The zero-order valence-corrected chi connectivity index (χ0v) is 26.0. The monoisotopic (exact) mass is 612 g/mol. The second kappa shape index (κ2) is 13.8. The predicted octanol–water partition coefficient (Wildman–Crippen LogP) is 10.3. The standard InChI is InChI=1S/C38H32N2O2S2/c1-2-39(43-32-21-17-30(18-22-32)28-11-5-3-6-12-28)36-25-26-37(35-16-10-9-15-34(35)36)40(27-38(41)42)44-33-23-19-31(20-24-33)29-13-7-4-8-14-29/h3-26H,2,27H2,1H3,(H,41,42). The zero-order chi connectivity index (χ0) is 30.3. The lowest BCUT2D eigenvalue weighted by molar-refractivity contribution is -0.135. The third-order valence-corrected chi connectivity index (χ3v) is 9.52. The number of rotatable bonds is 11. The third-order valence-electron chi connectivity index (χ3n) is 7.34. The number of hydrogen-bond acceptors (Lipinski definition) is 5. The van der Waals surface area contributed by atoms with Gasteiger partial charge >= 0.3 is 5.97 Å². The molecule has 0 saturated carbocycles. The van der Waals surface area contributed by atoms with Crippen LogP contribution in [0.1, 0.15) is 6.92 Å². The number of aliphatic carboxylic acids is 1. The molecule has 44 heavy (non-hydrogen) atoms. The molecule has 0 bridgehead atoms. The molecule has 0 atom stereocenters. The van der Waals surface area contributed by atoms with E-state index in [1.807, 2.05) is 46.8 Å². The summed E-state index contributed by atoms with van der Waals surface area (Å²) >= 11 is 3.15. The van der Waals surface area contributed by atoms with Crippen molar-refractivity contribution in [2.24, 2.45) is 0 Å². The number of carboxylic acids is 1. The van der Waals surface area contributed by atoms with Crippen molar-refractivity contribution < 1.29 is 9.90 Å². The average Bonchev–Trinajstić information content (AvgIpc) is 3.08. The predicted molar refractivity (Wildman–Crippen MR) is 187 cm³/mol. The summed E-state index contributed by atoms with van der Waals surface area (Å²) in [6.07, 6.45) is 0. The molecule has 0 spiro atoms. The molecule has 6 heteroatoms. The second-order valence-electron chi connectivity index (χ2n) is 10.2. The summed E-state index contributed by atoms with van der Waals surface area (Å²) in [5.41, 5.74) is 6.64. The molecular formula is C38H32N2O2S2. The number of anilines is 2. The number of hydrogen-bond donors (Lipinski definition) is 1. The van der Waals surface area contributed by atoms with Gasteiger partial charge in [-0.2, -0.15) is 0 Å². The Labute approximate surface area is 267 Å². The smallest absolute Gasteiger partial charge is 0.324 e. The van der Waals surface area contributed by atoms with E-state index in [2.05, 4.69) is 114 Å². The van der Waals surface area contributed by atoms with Gasteiger partial charge in [0.25, 0.3) is 0 Å². The minimum absolute atomic E-state index is 0.131. The Morgan fingerprint density at radius 3 is 1.34 bits per heavy atom. The highest BCUT2D eigenvalue weighted by molar-refractivity contribution is 8.01. The Morgan fingerprint density at radius 2 is 0.909 bits per heavy atom. The van der Waals surface area contributed by atoms with E-state index in [0.29, 0.717) is 0 Å². The molecule has 0 radical (unpaired) electrons. The Bertz CT molecular complexity index is 1840. The highest BCUT2D eigenvalue weighted by Crippen LogP contribution is 2.41. The SMILES string of the molecule is CCN(Sc1ccc(-c2ccccc2)cc1)c1ccc(N(CC(=O)O)Sc2ccc(-c3ccccc3)cc2)c2ccccc12. The van der Waals surface area contributed by atoms with Gasteiger partial charge in [-0.1, -0.05) is 109 Å². The molecule has 0 amide bonds. The third kappa shape index (κ3) is 6.77. The molecule has 0 aliphatic rings. The van der Waals surface area contributed by atoms with Crippen LogP contribution in [0.5, 0.6) is 0 Å². The van der Waals surface area contributed by atoms with E-state index in [4.69, 9.17) is 0 Å². The van der Waals surface area contributed by atoms with Crippen LogP contribution in [-0.2, 0) is 4.79 Å². The fraction of sp³-hybridized carbons (Fsp3) is 0.0789. The van der Waals surface area contributed by atoms with Gasteiger partial charge < -0.3 is 13.7 Å². The highest BCUT2D eigenvalue weighted by Gasteiger charge is 2.19. The summed E-state index contributed by atoms with van der Waals surface area (Å²) in [6.45, 7) is 2.82. The van der Waals surface area contributed by atoms with Crippen LogP contribution in [0.15, 0.2) is 155 Å². The molecule has 0 saturated heterocycles. The van der Waals surface area contributed by atoms with Gasteiger partial charge in [-0.05, 0) is 89.5 Å². The topological polar surface area (TPSA) is 43.8 Å². The molecule has 6 aromatic rings. The molecule has 0 unspecified atom stereocenters. The van der Waals surface area contributed by atoms with Crippen molar-refractivity contribution in [3.63, 3.8) is 0 Å². The van der Waals surface area contributed by atoms with Crippen LogP contribution in [0.2, 0.25) is 0 Å². The quantitative estimate of drug-likeness (QED) is 0.147. The van der Waals surface area contributed by atoms with E-state index in [9.17, 15) is 9.90 Å². The van der Waals surface area contributed by atoms with E-state index in [0.717, 1.165) is 49.6 Å². The van der Waals surface area contributed by atoms with Gasteiger partial charge in [0, 0.05) is 27.1 Å². The normalized spacial score (nSPS) is 10.9. The molecule has 0 aliphatic heterocycles. The first-order valence-electron chi connectivity index (χ1n) is 14.5. The highest BCUT2D eigenvalue weighted by atomic mass is 32.2. The first kappa shape index (κ1) is 29.4. The van der Waals surface area contributed by atoms with Crippen LogP contribution in [-0.4, -0.2) is 24.2 Å². The Kier molecular flexibility index (Phi) is 9.20. The summed E-state index contributed by atoms with van der Waals surface area (Å²) in [4.78, 5) is 14.2. The molecule has 0 heterocycles. The van der Waals surface area contributed by atoms with E-state index in [-0.39, 0.29) is 6.54 Å². The van der Waals surface area contributed by atoms with Gasteiger partial charge in [0.1, 0.15) is 6.54 Å². The van der Waals surface area contributed by atoms with Crippen LogP contribution < -0.4 is 8.61 Å². The molecular weight excluding hydrogens is 581 g/mol. The molecule has 4 nitrogen and oxygen atoms in total. The van der Waals surface area contributed by atoms with E-state index in [1.165, 1.54) is 23.1 Å². The summed E-state index contributed by atoms with van der Waals surface area (Å²) in [6, 6.07) is 50.0. The molecule has 6 rings (SSSR count). The van der Waals surface area contributed by atoms with Crippen LogP contribution in [0, 0.1) is 0 Å². The van der Waals surface area contributed by atoms with Crippen LogP contribution in [0.4, 0.5) is 11.4 Å². The van der Waals surface area contributed by atoms with Crippen molar-refractivity contribution in [3.05, 3.63) is 146 Å². The lowest BCUT2D eigenvalue weighted by Gasteiger charge is -2.27. The lowest BCUT2D eigenvalue weighted by Crippen LogP contribution is -2.23. The number of fused-ring (bicyclic) bond motifs is 1. The minimum atomic E-state index is -0.878. The fourth-order valence-electron chi connectivity index (χ4n) is 5.21. The Morgan fingerprint density at radius 1 is 0.523 bits per heavy atom. The fourth-order valence-corrected chi connectivity index (χ4v) is 7.05.